The molecule has 67 heavy (non-hydrogen) atoms. The van der Waals surface area contributed by atoms with Crippen molar-refractivity contribution >= 4 is 72.6 Å². The molecule has 0 spiro atoms. The zero-order valence-corrected chi connectivity index (χ0v) is 37.5. The van der Waals surface area contributed by atoms with Crippen molar-refractivity contribution < 1.29 is 13.2 Å². The molecule has 17 nitrogen and oxygen atoms in total. The summed E-state index contributed by atoms with van der Waals surface area (Å²) in [5.41, 5.74) is 6.30. The fraction of sp³-hybridized carbons (Fsp3) is 0.106. The lowest BCUT2D eigenvalue weighted by atomic mass is 9.98. The number of nitriles is 2. The number of rotatable bonds is 14. The maximum atomic E-state index is 13.5. The zero-order chi connectivity index (χ0) is 46.7. The van der Waals surface area contributed by atoms with E-state index in [1.165, 1.54) is 0 Å². The van der Waals surface area contributed by atoms with Gasteiger partial charge in [0.2, 0.25) is 15.9 Å². The summed E-state index contributed by atoms with van der Waals surface area (Å²) >= 11 is 13.7. The highest BCUT2D eigenvalue weighted by atomic mass is 35.5. The lowest BCUT2D eigenvalue weighted by Gasteiger charge is -2.15. The van der Waals surface area contributed by atoms with Crippen molar-refractivity contribution in [1.82, 2.24) is 50.6 Å². The first-order chi connectivity index (χ1) is 32.5. The second kappa shape index (κ2) is 18.7. The number of hydrogen-bond acceptors (Lipinski definition) is 13. The van der Waals surface area contributed by atoms with Crippen LogP contribution in [0, 0.1) is 22.7 Å². The summed E-state index contributed by atoms with van der Waals surface area (Å²) < 4.78 is 29.6. The summed E-state index contributed by atoms with van der Waals surface area (Å²) in [6.07, 6.45) is 5.12. The number of carbonyl (C=O) groups excluding carboxylic acids is 1. The predicted molar refractivity (Wildman–Crippen MR) is 256 cm³/mol. The van der Waals surface area contributed by atoms with Gasteiger partial charge >= 0.3 is 0 Å². The number of aryl methyl sites for hydroxylation is 1. The van der Waals surface area contributed by atoms with E-state index >= 15 is 0 Å². The van der Waals surface area contributed by atoms with Crippen molar-refractivity contribution in [2.24, 2.45) is 0 Å². The molecule has 0 aliphatic carbocycles. The molecule has 9 aromatic rings. The van der Waals surface area contributed by atoms with Crippen LogP contribution < -0.4 is 15.4 Å². The molecule has 5 N–H and O–H groups in total. The highest BCUT2D eigenvalue weighted by molar-refractivity contribution is 7.92. The molecule has 20 heteroatoms. The topological polar surface area (TPSA) is 257 Å². The van der Waals surface area contributed by atoms with E-state index in [0.29, 0.717) is 71.2 Å². The van der Waals surface area contributed by atoms with Crippen molar-refractivity contribution in [3.63, 3.8) is 0 Å². The molecule has 0 radical (unpaired) electrons. The number of amides is 1. The number of sulfonamides is 1. The van der Waals surface area contributed by atoms with Crippen LogP contribution in [0.5, 0.6) is 0 Å². The Morgan fingerprint density at radius 1 is 0.701 bits per heavy atom. The highest BCUT2D eigenvalue weighted by Crippen LogP contribution is 2.40. The van der Waals surface area contributed by atoms with Gasteiger partial charge in [-0.25, -0.2) is 28.4 Å². The number of halogens is 2. The summed E-state index contributed by atoms with van der Waals surface area (Å²) in [6.45, 7) is 0.221. The van der Waals surface area contributed by atoms with E-state index in [9.17, 15) is 23.7 Å². The molecular formula is C47H34Cl2N14O3S. The Morgan fingerprint density at radius 3 is 2.07 bits per heavy atom. The Morgan fingerprint density at radius 2 is 1.36 bits per heavy atom. The van der Waals surface area contributed by atoms with Gasteiger partial charge in [-0.15, -0.1) is 0 Å². The molecule has 0 atom stereocenters. The van der Waals surface area contributed by atoms with Gasteiger partial charge in [0.25, 0.3) is 0 Å². The molecule has 5 aromatic heterocycles. The summed E-state index contributed by atoms with van der Waals surface area (Å²) in [7, 11) is -2.49. The normalized spacial score (nSPS) is 11.3. The fourth-order valence-corrected chi connectivity index (χ4v) is 9.01. The third-order valence-electron chi connectivity index (χ3n) is 10.7. The highest BCUT2D eigenvalue weighted by Gasteiger charge is 2.24. The van der Waals surface area contributed by atoms with Crippen LogP contribution in [-0.2, 0) is 21.2 Å². The standard InChI is InChI=1S/C47H34Cl2N14O3S/c1-52-38(64)12-15-54-46-36(22-50)56-44(41(58-46)27-8-3-2-4-9-27)31-19-33-39(61-62-45(33)35(49)21-31)28-10-5-11-29(17-28)42-43(30-18-32-25-55-60-40(32)34(48)20-30)57-37(23-51)47(59-42)63-67(65,66)16-13-26-7-6-14-53-24-26/h2-11,14,17-21,24-25H,12-13,15-16H2,1H3,(H,52,64)(H,54,58)(H,55,60)(H,59,63)(H,61,62). The average molecular weight is 946 g/mol. The first kappa shape index (κ1) is 43.9. The van der Waals surface area contributed by atoms with Crippen molar-refractivity contribution in [1.29, 1.82) is 10.5 Å². The molecule has 330 valence electrons. The zero-order valence-electron chi connectivity index (χ0n) is 35.1. The number of H-pyrrole nitrogens is 2. The molecule has 4 aromatic carbocycles. The van der Waals surface area contributed by atoms with Gasteiger partial charge in [-0.2, -0.15) is 20.7 Å². The Bertz CT molecular complexity index is 3570. The van der Waals surface area contributed by atoms with Crippen molar-refractivity contribution in [3.05, 3.63) is 137 Å². The number of aromatic amines is 2. The number of pyridine rings is 1. The number of anilines is 2. The van der Waals surface area contributed by atoms with Gasteiger partial charge in [-0.3, -0.25) is 24.7 Å². The van der Waals surface area contributed by atoms with Gasteiger partial charge in [0.15, 0.2) is 23.0 Å². The second-order valence-corrected chi connectivity index (χ2v) is 17.7. The van der Waals surface area contributed by atoms with E-state index in [4.69, 9.17) is 48.2 Å². The Labute approximate surface area is 392 Å². The van der Waals surface area contributed by atoms with Crippen molar-refractivity contribution in [2.45, 2.75) is 12.8 Å². The summed E-state index contributed by atoms with van der Waals surface area (Å²) in [4.78, 5) is 35.2. The first-order valence-electron chi connectivity index (χ1n) is 20.5. The molecule has 0 aliphatic rings. The van der Waals surface area contributed by atoms with E-state index in [1.807, 2.05) is 54.6 Å². The Balaban J connectivity index is 1.16. The average Bonchev–Trinajstić information content (AvgIpc) is 4.02. The number of nitrogens with zero attached hydrogens (tertiary/aromatic N) is 9. The molecule has 0 unspecified atom stereocenters. The minimum Gasteiger partial charge on any atom is -0.367 e. The predicted octanol–water partition coefficient (Wildman–Crippen LogP) is 8.33. The van der Waals surface area contributed by atoms with Crippen LogP contribution in [0.1, 0.15) is 23.4 Å². The summed E-state index contributed by atoms with van der Waals surface area (Å²) in [6, 6.07) is 31.3. The van der Waals surface area contributed by atoms with E-state index < -0.39 is 10.0 Å². The number of fused-ring (bicyclic) bond motifs is 2. The molecule has 0 saturated carbocycles. The largest absolute Gasteiger partial charge is 0.367 e. The van der Waals surface area contributed by atoms with E-state index in [1.54, 1.807) is 68.1 Å². The van der Waals surface area contributed by atoms with Gasteiger partial charge in [-0.1, -0.05) is 77.8 Å². The Kier molecular flexibility index (Phi) is 12.2. The van der Waals surface area contributed by atoms with Crippen molar-refractivity contribution in [2.75, 3.05) is 29.4 Å². The van der Waals surface area contributed by atoms with Crippen LogP contribution in [0.15, 0.2) is 110 Å². The van der Waals surface area contributed by atoms with Crippen molar-refractivity contribution in [3.8, 4) is 68.4 Å². The van der Waals surface area contributed by atoms with Crippen LogP contribution in [-0.4, -0.2) is 79.0 Å². The fourth-order valence-electron chi connectivity index (χ4n) is 7.44. The molecule has 0 fully saturated rings. The van der Waals surface area contributed by atoms with Gasteiger partial charge in [-0.05, 0) is 48.4 Å². The number of aromatic nitrogens is 9. The van der Waals surface area contributed by atoms with Crippen LogP contribution in [0.2, 0.25) is 10.0 Å². The molecule has 0 bridgehead atoms. The van der Waals surface area contributed by atoms with Crippen LogP contribution in [0.3, 0.4) is 0 Å². The molecular weight excluding hydrogens is 912 g/mol. The van der Waals surface area contributed by atoms with Gasteiger partial charge in [0.1, 0.15) is 12.1 Å². The quantitative estimate of drug-likeness (QED) is 0.0688. The van der Waals surface area contributed by atoms with E-state index in [0.717, 1.165) is 11.1 Å². The number of benzene rings is 4. The lowest BCUT2D eigenvalue weighted by molar-refractivity contribution is -0.120. The third kappa shape index (κ3) is 9.18. The molecule has 0 saturated heterocycles. The van der Waals surface area contributed by atoms with Gasteiger partial charge < -0.3 is 10.6 Å². The maximum Gasteiger partial charge on any atom is 0.234 e. The van der Waals surface area contributed by atoms with Gasteiger partial charge in [0, 0.05) is 71.0 Å². The maximum absolute atomic E-state index is 13.5. The molecule has 1 amide bonds. The third-order valence-corrected chi connectivity index (χ3v) is 12.5. The minimum absolute atomic E-state index is 0.0191. The van der Waals surface area contributed by atoms with Crippen LogP contribution in [0.4, 0.5) is 11.6 Å². The number of nitrogens with one attached hydrogen (secondary N) is 5. The lowest BCUT2D eigenvalue weighted by Crippen LogP contribution is -2.21. The van der Waals surface area contributed by atoms with E-state index in [-0.39, 0.29) is 65.5 Å². The summed E-state index contributed by atoms with van der Waals surface area (Å²) in [5, 5.41) is 42.9. The summed E-state index contributed by atoms with van der Waals surface area (Å²) in [5.74, 6) is -0.515. The second-order valence-electron chi connectivity index (χ2n) is 15.0. The Hall–Kier alpha value is -8.29. The molecule has 5 heterocycles. The number of hydrogen-bond donors (Lipinski definition) is 5. The monoisotopic (exact) mass is 944 g/mol. The minimum atomic E-state index is -4.04. The molecule has 9 rings (SSSR count). The van der Waals surface area contributed by atoms with Gasteiger partial charge in [0.05, 0.1) is 61.5 Å². The van der Waals surface area contributed by atoms with Crippen LogP contribution in [0.25, 0.3) is 78.1 Å². The van der Waals surface area contributed by atoms with E-state index in [2.05, 4.69) is 41.7 Å². The first-order valence-corrected chi connectivity index (χ1v) is 22.9. The van der Waals surface area contributed by atoms with Crippen LogP contribution >= 0.6 is 23.2 Å². The smallest absolute Gasteiger partial charge is 0.234 e. The number of carbonyl (C=O) groups is 1. The molecule has 0 aliphatic heterocycles. The SMILES string of the molecule is CNC(=O)CCNc1nc(-c2ccccc2)c(-c2cc(Cl)c3[nH]nc(-c4cccc(-c5nc(NS(=O)(=O)CCc6cccnc6)c(C#N)nc5-c5cc(Cl)c6[nH]ncc6c5)c4)c3c2)nc1C#N.